The molecule has 0 spiro atoms. The maximum absolute atomic E-state index is 6.03. The molecular formula is C19H20OS. The van der Waals surface area contributed by atoms with Gasteiger partial charge in [-0.05, 0) is 66.5 Å². The number of benzene rings is 2. The Hall–Kier alpha value is -1.67. The van der Waals surface area contributed by atoms with Gasteiger partial charge in [0.1, 0.15) is 12.4 Å². The minimum atomic E-state index is 0.705. The van der Waals surface area contributed by atoms with Gasteiger partial charge in [0.05, 0.1) is 0 Å². The van der Waals surface area contributed by atoms with Gasteiger partial charge in [0, 0.05) is 4.90 Å². The van der Waals surface area contributed by atoms with Gasteiger partial charge in [-0.1, -0.05) is 42.1 Å². The lowest BCUT2D eigenvalue weighted by atomic mass is 9.99. The highest BCUT2D eigenvalue weighted by Gasteiger charge is 2.12. The Bertz CT molecular complexity index is 631. The van der Waals surface area contributed by atoms with E-state index in [0.717, 1.165) is 18.6 Å². The first-order valence-electron chi connectivity index (χ1n) is 7.44. The van der Waals surface area contributed by atoms with Crippen LogP contribution in [0.5, 0.6) is 5.75 Å². The summed E-state index contributed by atoms with van der Waals surface area (Å²) in [7, 11) is 0. The molecule has 0 saturated heterocycles. The Morgan fingerprint density at radius 1 is 1.00 bits per heavy atom. The summed E-state index contributed by atoms with van der Waals surface area (Å²) in [5, 5.41) is 2.26. The number of hydrogen-bond acceptors (Lipinski definition) is 2. The van der Waals surface area contributed by atoms with Crippen LogP contribution in [0.25, 0.3) is 0 Å². The molecule has 0 aliphatic carbocycles. The fraction of sp³-hybridized carbons (Fsp3) is 0.263. The van der Waals surface area contributed by atoms with Gasteiger partial charge in [-0.15, -0.1) is 0 Å². The molecule has 2 heteroatoms. The quantitative estimate of drug-likeness (QED) is 0.687. The maximum Gasteiger partial charge on any atom is 0.123 e. The number of fused-ring (bicyclic) bond motifs is 1. The molecule has 21 heavy (non-hydrogen) atoms. The van der Waals surface area contributed by atoms with Crippen molar-refractivity contribution in [2.24, 2.45) is 0 Å². The van der Waals surface area contributed by atoms with Crippen molar-refractivity contribution in [1.82, 2.24) is 0 Å². The molecule has 0 atom stereocenters. The van der Waals surface area contributed by atoms with Crippen molar-refractivity contribution in [2.75, 3.05) is 6.61 Å². The normalized spacial score (nSPS) is 16.7. The molecule has 0 saturated carbocycles. The summed E-state index contributed by atoms with van der Waals surface area (Å²) in [4.78, 5) is 1.28. The molecule has 3 rings (SSSR count). The second-order valence-corrected chi connectivity index (χ2v) is 6.34. The zero-order valence-electron chi connectivity index (χ0n) is 12.3. The van der Waals surface area contributed by atoms with Crippen LogP contribution in [0.15, 0.2) is 64.4 Å². The topological polar surface area (TPSA) is 9.23 Å². The van der Waals surface area contributed by atoms with Crippen LogP contribution in [-0.2, 0) is 6.42 Å². The van der Waals surface area contributed by atoms with Crippen molar-refractivity contribution in [3.63, 3.8) is 0 Å². The molecule has 2 aromatic rings. The average molecular weight is 296 g/mol. The fourth-order valence-corrected chi connectivity index (χ4v) is 3.41. The summed E-state index contributed by atoms with van der Waals surface area (Å²) in [5.41, 5.74) is 4.11. The summed E-state index contributed by atoms with van der Waals surface area (Å²) in [6.07, 6.45) is 3.42. The summed E-state index contributed by atoms with van der Waals surface area (Å²) >= 11 is 1.79. The summed E-state index contributed by atoms with van der Waals surface area (Å²) in [6, 6.07) is 16.8. The van der Waals surface area contributed by atoms with E-state index < -0.39 is 0 Å². The molecule has 0 amide bonds. The van der Waals surface area contributed by atoms with Gasteiger partial charge in [0.25, 0.3) is 0 Å². The standard InChI is InChI=1S/C19H20OS/c1-15-7-5-12-19-18(15)11-6-8-16(13-20-19)14-21-17-9-3-2-4-10-17/h2-5,7,9-10,12,14H,6,8,11,13H2,1H3/b16-14+. The highest BCUT2D eigenvalue weighted by atomic mass is 32.2. The van der Waals surface area contributed by atoms with Crippen molar-refractivity contribution in [3.8, 4) is 5.75 Å². The second kappa shape index (κ2) is 6.86. The highest BCUT2D eigenvalue weighted by Crippen LogP contribution is 2.29. The van der Waals surface area contributed by atoms with Crippen LogP contribution >= 0.6 is 11.8 Å². The Kier molecular flexibility index (Phi) is 4.66. The monoisotopic (exact) mass is 296 g/mol. The molecule has 1 heterocycles. The molecule has 0 N–H and O–H groups in total. The smallest absolute Gasteiger partial charge is 0.123 e. The van der Waals surface area contributed by atoms with Gasteiger partial charge < -0.3 is 4.74 Å². The molecule has 2 aromatic carbocycles. The Morgan fingerprint density at radius 3 is 2.71 bits per heavy atom. The van der Waals surface area contributed by atoms with Crippen LogP contribution in [0.1, 0.15) is 24.0 Å². The van der Waals surface area contributed by atoms with Crippen molar-refractivity contribution in [1.29, 1.82) is 0 Å². The van der Waals surface area contributed by atoms with E-state index in [4.69, 9.17) is 4.74 Å². The Labute approximate surface area is 131 Å². The average Bonchev–Trinajstić information content (AvgIpc) is 2.49. The third-order valence-electron chi connectivity index (χ3n) is 3.81. The van der Waals surface area contributed by atoms with Crippen LogP contribution in [0.4, 0.5) is 0 Å². The first kappa shape index (κ1) is 14.3. The third kappa shape index (κ3) is 3.70. The molecule has 1 aliphatic rings. The van der Waals surface area contributed by atoms with Crippen molar-refractivity contribution < 1.29 is 4.74 Å². The minimum Gasteiger partial charge on any atom is -0.489 e. The molecule has 0 aromatic heterocycles. The van der Waals surface area contributed by atoms with Crippen LogP contribution in [0.3, 0.4) is 0 Å². The molecular weight excluding hydrogens is 276 g/mol. The summed E-state index contributed by atoms with van der Waals surface area (Å²) in [6.45, 7) is 2.88. The number of hydrogen-bond donors (Lipinski definition) is 0. The number of rotatable bonds is 2. The fourth-order valence-electron chi connectivity index (χ4n) is 2.61. The van der Waals surface area contributed by atoms with Crippen LogP contribution in [0, 0.1) is 6.92 Å². The second-order valence-electron chi connectivity index (χ2n) is 5.40. The van der Waals surface area contributed by atoms with E-state index in [1.807, 2.05) is 0 Å². The molecule has 1 aliphatic heterocycles. The first-order chi connectivity index (χ1) is 10.3. The van der Waals surface area contributed by atoms with Crippen LogP contribution in [-0.4, -0.2) is 6.61 Å². The number of ether oxygens (including phenoxy) is 1. The highest BCUT2D eigenvalue weighted by molar-refractivity contribution is 8.02. The molecule has 0 bridgehead atoms. The lowest BCUT2D eigenvalue weighted by molar-refractivity contribution is 0.336. The van der Waals surface area contributed by atoms with Gasteiger partial charge in [0.15, 0.2) is 0 Å². The zero-order valence-corrected chi connectivity index (χ0v) is 13.2. The van der Waals surface area contributed by atoms with Gasteiger partial charge in [0.2, 0.25) is 0 Å². The van der Waals surface area contributed by atoms with Crippen LogP contribution in [0.2, 0.25) is 0 Å². The SMILES string of the molecule is Cc1cccc2c1CCC/C(=C\Sc1ccccc1)CO2. The van der Waals surface area contributed by atoms with E-state index in [1.165, 1.54) is 28.0 Å². The van der Waals surface area contributed by atoms with E-state index in [9.17, 15) is 0 Å². The van der Waals surface area contributed by atoms with E-state index in [2.05, 4.69) is 60.9 Å². The summed E-state index contributed by atoms with van der Waals surface area (Å²) < 4.78 is 6.03. The van der Waals surface area contributed by atoms with Gasteiger partial charge in [-0.25, -0.2) is 0 Å². The lowest BCUT2D eigenvalue weighted by Gasteiger charge is -2.19. The van der Waals surface area contributed by atoms with E-state index in [1.54, 1.807) is 11.8 Å². The number of thioether (sulfide) groups is 1. The van der Waals surface area contributed by atoms with Gasteiger partial charge >= 0.3 is 0 Å². The largest absolute Gasteiger partial charge is 0.489 e. The zero-order chi connectivity index (χ0) is 14.5. The van der Waals surface area contributed by atoms with Crippen LogP contribution < -0.4 is 4.74 Å². The Morgan fingerprint density at radius 2 is 1.86 bits per heavy atom. The molecule has 108 valence electrons. The van der Waals surface area contributed by atoms with Gasteiger partial charge in [-0.2, -0.15) is 0 Å². The predicted octanol–water partition coefficient (Wildman–Crippen LogP) is 5.39. The van der Waals surface area contributed by atoms with Gasteiger partial charge in [-0.3, -0.25) is 0 Å². The van der Waals surface area contributed by atoms with E-state index in [-0.39, 0.29) is 0 Å². The molecule has 1 nitrogen and oxygen atoms in total. The molecule has 0 unspecified atom stereocenters. The maximum atomic E-state index is 6.03. The summed E-state index contributed by atoms with van der Waals surface area (Å²) in [5.74, 6) is 1.06. The van der Waals surface area contributed by atoms with E-state index in [0.29, 0.717) is 6.61 Å². The minimum absolute atomic E-state index is 0.705. The third-order valence-corrected chi connectivity index (χ3v) is 4.81. The molecule has 0 radical (unpaired) electrons. The Balaban J connectivity index is 1.71. The van der Waals surface area contributed by atoms with Crippen molar-refractivity contribution in [2.45, 2.75) is 31.1 Å². The van der Waals surface area contributed by atoms with Crippen molar-refractivity contribution >= 4 is 11.8 Å². The van der Waals surface area contributed by atoms with E-state index >= 15 is 0 Å². The number of aryl methyl sites for hydroxylation is 1. The molecule has 0 fully saturated rings. The van der Waals surface area contributed by atoms with Crippen molar-refractivity contribution in [3.05, 3.63) is 70.6 Å². The predicted molar refractivity (Wildman–Crippen MR) is 90.0 cm³/mol. The lowest BCUT2D eigenvalue weighted by Crippen LogP contribution is -2.08. The first-order valence-corrected chi connectivity index (χ1v) is 8.32.